The van der Waals surface area contributed by atoms with Crippen molar-refractivity contribution in [2.75, 3.05) is 6.61 Å². The second kappa shape index (κ2) is 5.98. The molecule has 0 rings (SSSR count). The Balaban J connectivity index is 4.07. The predicted octanol–water partition coefficient (Wildman–Crippen LogP) is 0.784. The fourth-order valence-electron chi connectivity index (χ4n) is 1.12. The first-order valence-electron chi connectivity index (χ1n) is 5.18. The van der Waals surface area contributed by atoms with E-state index in [0.29, 0.717) is 13.0 Å². The molecule has 0 spiro atoms. The Kier molecular flexibility index (Phi) is 5.72. The van der Waals surface area contributed by atoms with Gasteiger partial charge in [-0.15, -0.1) is 0 Å². The molecular formula is C10H22N2O2. The Morgan fingerprint density at radius 1 is 1.36 bits per heavy atom. The van der Waals surface area contributed by atoms with Crippen LogP contribution >= 0.6 is 0 Å². The Hall–Kier alpha value is -0.610. The van der Waals surface area contributed by atoms with Crippen molar-refractivity contribution in [3.8, 4) is 0 Å². The molecule has 0 aliphatic carbocycles. The quantitative estimate of drug-likeness (QED) is 0.640. The van der Waals surface area contributed by atoms with Gasteiger partial charge in [-0.25, -0.2) is 0 Å². The van der Waals surface area contributed by atoms with Gasteiger partial charge in [0.15, 0.2) is 0 Å². The lowest BCUT2D eigenvalue weighted by molar-refractivity contribution is -0.130. The fraction of sp³-hybridized carbons (Fsp3) is 0.900. The molecule has 0 aromatic carbocycles. The smallest absolute Gasteiger partial charge is 0.246 e. The van der Waals surface area contributed by atoms with Crippen molar-refractivity contribution >= 4 is 5.91 Å². The summed E-state index contributed by atoms with van der Waals surface area (Å²) in [5.74, 6) is -0.415. The molecule has 1 atom stereocenters. The summed E-state index contributed by atoms with van der Waals surface area (Å²) in [7, 11) is 0. The largest absolute Gasteiger partial charge is 0.367 e. The van der Waals surface area contributed by atoms with Crippen LogP contribution in [0.2, 0.25) is 0 Å². The Bertz CT molecular complexity index is 179. The molecule has 14 heavy (non-hydrogen) atoms. The first-order valence-corrected chi connectivity index (χ1v) is 5.18. The number of amides is 1. The molecule has 0 aromatic heterocycles. The standard InChI is InChI=1S/C10H22N2O2/c1-4-8(9(11)13)14-7-10(12,5-2)6-3/h8H,4-7,12H2,1-3H3,(H2,11,13). The third-order valence-corrected chi connectivity index (χ3v) is 2.67. The molecule has 0 aliphatic heterocycles. The van der Waals surface area contributed by atoms with Gasteiger partial charge in [-0.3, -0.25) is 4.79 Å². The van der Waals surface area contributed by atoms with Crippen LogP contribution < -0.4 is 11.5 Å². The molecule has 4 N–H and O–H groups in total. The van der Waals surface area contributed by atoms with Gasteiger partial charge in [-0.05, 0) is 19.3 Å². The van der Waals surface area contributed by atoms with Crippen molar-refractivity contribution in [1.82, 2.24) is 0 Å². The van der Waals surface area contributed by atoms with Crippen LogP contribution in [0.15, 0.2) is 0 Å². The van der Waals surface area contributed by atoms with E-state index < -0.39 is 12.0 Å². The lowest BCUT2D eigenvalue weighted by Crippen LogP contribution is -2.45. The highest BCUT2D eigenvalue weighted by Gasteiger charge is 2.23. The van der Waals surface area contributed by atoms with E-state index in [0.717, 1.165) is 12.8 Å². The molecule has 0 fully saturated rings. The van der Waals surface area contributed by atoms with Gasteiger partial charge >= 0.3 is 0 Å². The Morgan fingerprint density at radius 2 is 1.86 bits per heavy atom. The summed E-state index contributed by atoms with van der Waals surface area (Å²) in [4.78, 5) is 10.9. The summed E-state index contributed by atoms with van der Waals surface area (Å²) < 4.78 is 5.40. The van der Waals surface area contributed by atoms with Gasteiger partial charge in [-0.1, -0.05) is 20.8 Å². The zero-order valence-electron chi connectivity index (χ0n) is 9.38. The second-order valence-corrected chi connectivity index (χ2v) is 3.68. The molecule has 0 heterocycles. The number of nitrogens with two attached hydrogens (primary N) is 2. The molecule has 4 heteroatoms. The van der Waals surface area contributed by atoms with Crippen molar-refractivity contribution in [2.24, 2.45) is 11.5 Å². The number of hydrogen-bond donors (Lipinski definition) is 2. The molecule has 84 valence electrons. The third-order valence-electron chi connectivity index (χ3n) is 2.67. The minimum absolute atomic E-state index is 0.330. The van der Waals surface area contributed by atoms with Gasteiger partial charge in [-0.2, -0.15) is 0 Å². The summed E-state index contributed by atoms with van der Waals surface area (Å²) >= 11 is 0. The van der Waals surface area contributed by atoms with Gasteiger partial charge in [0.1, 0.15) is 6.10 Å². The molecule has 0 saturated heterocycles. The van der Waals surface area contributed by atoms with Gasteiger partial charge in [0.2, 0.25) is 5.91 Å². The number of rotatable bonds is 7. The number of primary amides is 1. The minimum Gasteiger partial charge on any atom is -0.367 e. The number of carbonyl (C=O) groups is 1. The van der Waals surface area contributed by atoms with Crippen LogP contribution in [-0.2, 0) is 9.53 Å². The van der Waals surface area contributed by atoms with E-state index in [9.17, 15) is 4.79 Å². The number of ether oxygens (including phenoxy) is 1. The first-order chi connectivity index (χ1) is 6.49. The van der Waals surface area contributed by atoms with Crippen LogP contribution in [0.5, 0.6) is 0 Å². The van der Waals surface area contributed by atoms with Crippen molar-refractivity contribution < 1.29 is 9.53 Å². The lowest BCUT2D eigenvalue weighted by atomic mass is 9.95. The monoisotopic (exact) mass is 202 g/mol. The molecule has 1 unspecified atom stereocenters. The maximum absolute atomic E-state index is 10.9. The summed E-state index contributed by atoms with van der Waals surface area (Å²) in [6.07, 6.45) is 1.76. The summed E-state index contributed by atoms with van der Waals surface area (Å²) in [6, 6.07) is 0. The topological polar surface area (TPSA) is 78.3 Å². The molecule has 0 aromatic rings. The second-order valence-electron chi connectivity index (χ2n) is 3.68. The van der Waals surface area contributed by atoms with E-state index >= 15 is 0 Å². The number of carbonyl (C=O) groups excluding carboxylic acids is 1. The molecule has 1 amide bonds. The van der Waals surface area contributed by atoms with E-state index in [4.69, 9.17) is 16.2 Å². The first kappa shape index (κ1) is 13.4. The summed E-state index contributed by atoms with van der Waals surface area (Å²) in [6.45, 7) is 6.28. The Morgan fingerprint density at radius 3 is 2.14 bits per heavy atom. The van der Waals surface area contributed by atoms with Crippen molar-refractivity contribution in [2.45, 2.75) is 51.7 Å². The van der Waals surface area contributed by atoms with Crippen LogP contribution in [0.3, 0.4) is 0 Å². The predicted molar refractivity (Wildman–Crippen MR) is 56.7 cm³/mol. The highest BCUT2D eigenvalue weighted by molar-refractivity contribution is 5.78. The lowest BCUT2D eigenvalue weighted by Gasteiger charge is -2.28. The fourth-order valence-corrected chi connectivity index (χ4v) is 1.12. The summed E-state index contributed by atoms with van der Waals surface area (Å²) in [5.41, 5.74) is 10.8. The van der Waals surface area contributed by atoms with Gasteiger partial charge in [0.25, 0.3) is 0 Å². The highest BCUT2D eigenvalue weighted by atomic mass is 16.5. The zero-order chi connectivity index (χ0) is 11.2. The van der Waals surface area contributed by atoms with Crippen LogP contribution in [0.4, 0.5) is 0 Å². The zero-order valence-corrected chi connectivity index (χ0v) is 9.38. The van der Waals surface area contributed by atoms with Gasteiger partial charge < -0.3 is 16.2 Å². The van der Waals surface area contributed by atoms with Gasteiger partial charge in [0.05, 0.1) is 6.61 Å². The van der Waals surface area contributed by atoms with Crippen molar-refractivity contribution in [3.63, 3.8) is 0 Å². The molecule has 0 aliphatic rings. The molecule has 0 saturated carbocycles. The molecule has 0 bridgehead atoms. The maximum atomic E-state index is 10.9. The van der Waals surface area contributed by atoms with E-state index in [1.807, 2.05) is 20.8 Å². The normalized spacial score (nSPS) is 14.0. The van der Waals surface area contributed by atoms with E-state index in [1.54, 1.807) is 0 Å². The third kappa shape index (κ3) is 4.07. The molecular weight excluding hydrogens is 180 g/mol. The number of hydrogen-bond acceptors (Lipinski definition) is 3. The van der Waals surface area contributed by atoms with E-state index in [2.05, 4.69) is 0 Å². The molecule has 0 radical (unpaired) electrons. The van der Waals surface area contributed by atoms with Crippen LogP contribution in [-0.4, -0.2) is 24.2 Å². The average molecular weight is 202 g/mol. The molecule has 4 nitrogen and oxygen atoms in total. The van der Waals surface area contributed by atoms with Crippen molar-refractivity contribution in [1.29, 1.82) is 0 Å². The van der Waals surface area contributed by atoms with Crippen LogP contribution in [0, 0.1) is 0 Å². The average Bonchev–Trinajstić information content (AvgIpc) is 2.18. The SMILES string of the molecule is CCC(OCC(N)(CC)CC)C(N)=O. The van der Waals surface area contributed by atoms with Crippen molar-refractivity contribution in [3.05, 3.63) is 0 Å². The summed E-state index contributed by atoms with van der Waals surface area (Å²) in [5, 5.41) is 0. The van der Waals surface area contributed by atoms with E-state index in [1.165, 1.54) is 0 Å². The highest BCUT2D eigenvalue weighted by Crippen LogP contribution is 2.13. The Labute approximate surface area is 86.0 Å². The van der Waals surface area contributed by atoms with Crippen LogP contribution in [0.1, 0.15) is 40.0 Å². The van der Waals surface area contributed by atoms with E-state index in [-0.39, 0.29) is 5.54 Å². The minimum atomic E-state index is -0.504. The maximum Gasteiger partial charge on any atom is 0.246 e. The van der Waals surface area contributed by atoms with Gasteiger partial charge in [0, 0.05) is 5.54 Å². The van der Waals surface area contributed by atoms with Crippen LogP contribution in [0.25, 0.3) is 0 Å².